The van der Waals surface area contributed by atoms with Crippen molar-refractivity contribution in [2.75, 3.05) is 27.2 Å². The Balaban J connectivity index is 4.24. The van der Waals surface area contributed by atoms with Crippen LogP contribution in [0.2, 0.25) is 0 Å². The second-order valence-electron chi connectivity index (χ2n) is 12.7. The first-order valence-corrected chi connectivity index (χ1v) is 17.3. The smallest absolute Gasteiger partial charge is 0.309 e. The molecule has 5 nitrogen and oxygen atoms in total. The molecule has 0 aliphatic rings. The number of hydrogen-bond acceptors (Lipinski definition) is 5. The van der Waals surface area contributed by atoms with Crippen LogP contribution in [-0.4, -0.2) is 50.2 Å². The first-order chi connectivity index (χ1) is 19.3. The van der Waals surface area contributed by atoms with Gasteiger partial charge in [-0.15, -0.1) is 0 Å². The molecule has 0 radical (unpaired) electrons. The van der Waals surface area contributed by atoms with Crippen LogP contribution in [0.1, 0.15) is 169 Å². The molecule has 0 aliphatic carbocycles. The van der Waals surface area contributed by atoms with Crippen molar-refractivity contribution in [3.63, 3.8) is 0 Å². The Kier molecular flexibility index (Phi) is 27.3. The lowest BCUT2D eigenvalue weighted by Crippen LogP contribution is -2.29. The summed E-state index contributed by atoms with van der Waals surface area (Å²) >= 11 is 0. The molecule has 0 heterocycles. The molecule has 0 aromatic carbocycles. The maximum atomic E-state index is 12.7. The highest BCUT2D eigenvalue weighted by atomic mass is 16.6. The lowest BCUT2D eigenvalue weighted by atomic mass is 10.00. The summed E-state index contributed by atoms with van der Waals surface area (Å²) < 4.78 is 11.4. The molecule has 0 bridgehead atoms. The molecule has 0 aromatic heterocycles. The lowest BCUT2D eigenvalue weighted by molar-refractivity contribution is -0.162. The molecule has 0 saturated heterocycles. The molecule has 0 spiro atoms. The zero-order valence-electron chi connectivity index (χ0n) is 27.8. The zero-order chi connectivity index (χ0) is 29.8. The van der Waals surface area contributed by atoms with Crippen LogP contribution in [0.15, 0.2) is 0 Å². The van der Waals surface area contributed by atoms with Gasteiger partial charge in [-0.05, 0) is 52.2 Å². The summed E-state index contributed by atoms with van der Waals surface area (Å²) in [5.41, 5.74) is 0. The van der Waals surface area contributed by atoms with Crippen LogP contribution >= 0.6 is 0 Å². The number of ether oxygens (including phenoxy) is 2. The maximum absolute atomic E-state index is 12.7. The Labute approximate surface area is 249 Å². The molecule has 238 valence electrons. The van der Waals surface area contributed by atoms with Crippen LogP contribution in [-0.2, 0) is 19.1 Å². The summed E-state index contributed by atoms with van der Waals surface area (Å²) in [7, 11) is 4.03. The number of carbonyl (C=O) groups excluding carboxylic acids is 2. The first-order valence-electron chi connectivity index (χ1n) is 17.3. The van der Waals surface area contributed by atoms with Gasteiger partial charge in [-0.2, -0.15) is 0 Å². The van der Waals surface area contributed by atoms with Crippen molar-refractivity contribution in [1.29, 1.82) is 0 Å². The van der Waals surface area contributed by atoms with Gasteiger partial charge in [0.25, 0.3) is 0 Å². The summed E-state index contributed by atoms with van der Waals surface area (Å²) in [5.74, 6) is 0.385. The Hall–Kier alpha value is -1.10. The number of nitrogens with zero attached hydrogens (tertiary/aromatic N) is 1. The van der Waals surface area contributed by atoms with Crippen molar-refractivity contribution in [3.05, 3.63) is 0 Å². The van der Waals surface area contributed by atoms with Gasteiger partial charge in [0.1, 0.15) is 12.7 Å². The highest BCUT2D eigenvalue weighted by Crippen LogP contribution is 2.17. The second kappa shape index (κ2) is 28.0. The van der Waals surface area contributed by atoms with Crippen LogP contribution in [0, 0.1) is 11.8 Å². The minimum absolute atomic E-state index is 0.150. The fourth-order valence-electron chi connectivity index (χ4n) is 4.99. The average molecular weight is 568 g/mol. The van der Waals surface area contributed by atoms with E-state index < -0.39 is 0 Å². The number of rotatable bonds is 29. The number of carbonyl (C=O) groups is 2. The summed E-state index contributed by atoms with van der Waals surface area (Å²) in [5, 5.41) is 0. The molecule has 40 heavy (non-hydrogen) atoms. The van der Waals surface area contributed by atoms with E-state index in [4.69, 9.17) is 9.47 Å². The standard InChI is InChI=1S/C35H69NO4/c1-7-9-10-11-12-13-14-17-20-23-26-33(40-35(38)32(4)28-29-36(5)6)30-39-34(37)27-24-21-18-15-16-19-22-25-31(3)8-2/h31-33H,7-30H2,1-6H3. The summed E-state index contributed by atoms with van der Waals surface area (Å²) in [4.78, 5) is 27.2. The maximum Gasteiger partial charge on any atom is 0.309 e. The zero-order valence-corrected chi connectivity index (χ0v) is 27.8. The van der Waals surface area contributed by atoms with E-state index in [-0.39, 0.29) is 30.6 Å². The Bertz CT molecular complexity index is 580. The van der Waals surface area contributed by atoms with Crippen molar-refractivity contribution in [1.82, 2.24) is 4.90 Å². The molecule has 0 aromatic rings. The van der Waals surface area contributed by atoms with Gasteiger partial charge in [-0.25, -0.2) is 0 Å². The normalized spacial score (nSPS) is 13.8. The van der Waals surface area contributed by atoms with Gasteiger partial charge in [0.05, 0.1) is 5.92 Å². The third kappa shape index (κ3) is 25.8. The van der Waals surface area contributed by atoms with Gasteiger partial charge in [0.2, 0.25) is 0 Å². The summed E-state index contributed by atoms with van der Waals surface area (Å²) in [6, 6.07) is 0. The number of hydrogen-bond donors (Lipinski definition) is 0. The van der Waals surface area contributed by atoms with Crippen LogP contribution in [0.3, 0.4) is 0 Å². The molecule has 0 rings (SSSR count). The predicted molar refractivity (Wildman–Crippen MR) is 171 cm³/mol. The predicted octanol–water partition coefficient (Wildman–Crippen LogP) is 9.90. The van der Waals surface area contributed by atoms with Gasteiger partial charge in [-0.3, -0.25) is 9.59 Å². The van der Waals surface area contributed by atoms with E-state index in [1.165, 1.54) is 96.3 Å². The summed E-state index contributed by atoms with van der Waals surface area (Å²) in [6.07, 6.45) is 25.4. The van der Waals surface area contributed by atoms with E-state index in [0.717, 1.165) is 51.0 Å². The highest BCUT2D eigenvalue weighted by Gasteiger charge is 2.21. The van der Waals surface area contributed by atoms with Crippen molar-refractivity contribution >= 4 is 11.9 Å². The van der Waals surface area contributed by atoms with E-state index in [1.807, 2.05) is 21.0 Å². The van der Waals surface area contributed by atoms with E-state index >= 15 is 0 Å². The quantitative estimate of drug-likeness (QED) is 0.0665. The minimum atomic E-state index is -0.331. The number of esters is 2. The summed E-state index contributed by atoms with van der Waals surface area (Å²) in [6.45, 7) is 9.85. The van der Waals surface area contributed by atoms with Gasteiger partial charge in [-0.1, -0.05) is 137 Å². The van der Waals surface area contributed by atoms with Crippen LogP contribution < -0.4 is 0 Å². The van der Waals surface area contributed by atoms with Crippen molar-refractivity contribution in [2.24, 2.45) is 11.8 Å². The third-order valence-electron chi connectivity index (χ3n) is 8.28. The molecule has 5 heteroatoms. The van der Waals surface area contributed by atoms with Gasteiger partial charge >= 0.3 is 11.9 Å². The Morgan fingerprint density at radius 2 is 1.15 bits per heavy atom. The topological polar surface area (TPSA) is 55.8 Å². The van der Waals surface area contributed by atoms with Crippen molar-refractivity contribution < 1.29 is 19.1 Å². The molecule has 0 N–H and O–H groups in total. The largest absolute Gasteiger partial charge is 0.462 e. The highest BCUT2D eigenvalue weighted by molar-refractivity contribution is 5.72. The first kappa shape index (κ1) is 38.9. The van der Waals surface area contributed by atoms with Gasteiger partial charge < -0.3 is 14.4 Å². The molecule has 3 atom stereocenters. The minimum Gasteiger partial charge on any atom is -0.462 e. The molecule has 3 unspecified atom stereocenters. The fourth-order valence-corrected chi connectivity index (χ4v) is 4.99. The average Bonchev–Trinajstić information content (AvgIpc) is 2.94. The molecule has 0 amide bonds. The molecular weight excluding hydrogens is 498 g/mol. The second-order valence-corrected chi connectivity index (χ2v) is 12.7. The molecule has 0 saturated carbocycles. The van der Waals surface area contributed by atoms with E-state index in [1.54, 1.807) is 0 Å². The molecular formula is C35H69NO4. The fraction of sp³-hybridized carbons (Fsp3) is 0.943. The van der Waals surface area contributed by atoms with Gasteiger partial charge in [0, 0.05) is 6.42 Å². The monoisotopic (exact) mass is 568 g/mol. The lowest BCUT2D eigenvalue weighted by Gasteiger charge is -2.21. The van der Waals surface area contributed by atoms with Crippen molar-refractivity contribution in [3.8, 4) is 0 Å². The third-order valence-corrected chi connectivity index (χ3v) is 8.28. The Morgan fingerprint density at radius 3 is 1.68 bits per heavy atom. The number of unbranched alkanes of at least 4 members (excludes halogenated alkanes) is 15. The van der Waals surface area contributed by atoms with E-state index in [9.17, 15) is 9.59 Å². The van der Waals surface area contributed by atoms with E-state index in [2.05, 4.69) is 25.7 Å². The SMILES string of the molecule is CCCCCCCCCCCCC(COC(=O)CCCCCCCCCC(C)CC)OC(=O)C(C)CCN(C)C. The molecule has 0 aliphatic heterocycles. The van der Waals surface area contributed by atoms with Gasteiger partial charge in [0.15, 0.2) is 0 Å². The Morgan fingerprint density at radius 1 is 0.650 bits per heavy atom. The van der Waals surface area contributed by atoms with E-state index in [0.29, 0.717) is 6.42 Å². The molecule has 0 fully saturated rings. The van der Waals surface area contributed by atoms with Crippen LogP contribution in [0.25, 0.3) is 0 Å². The van der Waals surface area contributed by atoms with Crippen molar-refractivity contribution in [2.45, 2.75) is 175 Å². The van der Waals surface area contributed by atoms with Crippen LogP contribution in [0.4, 0.5) is 0 Å². The van der Waals surface area contributed by atoms with Crippen LogP contribution in [0.5, 0.6) is 0 Å².